The van der Waals surface area contributed by atoms with E-state index in [0.717, 1.165) is 24.0 Å². The van der Waals surface area contributed by atoms with Gasteiger partial charge in [0.15, 0.2) is 0 Å². The lowest BCUT2D eigenvalue weighted by Gasteiger charge is -2.15. The molecule has 0 aliphatic carbocycles. The Labute approximate surface area is 137 Å². The van der Waals surface area contributed by atoms with Gasteiger partial charge < -0.3 is 15.7 Å². The van der Waals surface area contributed by atoms with Crippen molar-refractivity contribution in [3.63, 3.8) is 0 Å². The maximum atomic E-state index is 11.7. The van der Waals surface area contributed by atoms with Crippen LogP contribution in [0.25, 0.3) is 0 Å². The Morgan fingerprint density at radius 3 is 2.48 bits per heavy atom. The largest absolute Gasteiger partial charge is 0.387 e. The highest BCUT2D eigenvalue weighted by Gasteiger charge is 2.10. The highest BCUT2D eigenvalue weighted by atomic mass is 16.3. The standard InChI is InChI=1S/C19H24N2O2/c1-15-8-5-6-12-17(15)18(22)14-21-19(23)20-13-7-11-16-9-3-2-4-10-16/h2-6,8-10,12,18,22H,7,11,13-14H2,1H3,(H2,20,21,23). The number of urea groups is 1. The second-order valence-electron chi connectivity index (χ2n) is 5.60. The van der Waals surface area contributed by atoms with Gasteiger partial charge in [-0.2, -0.15) is 0 Å². The van der Waals surface area contributed by atoms with Crippen molar-refractivity contribution in [1.29, 1.82) is 0 Å². The van der Waals surface area contributed by atoms with E-state index in [1.54, 1.807) is 0 Å². The summed E-state index contributed by atoms with van der Waals surface area (Å²) in [5.41, 5.74) is 3.13. The van der Waals surface area contributed by atoms with Gasteiger partial charge in [0.1, 0.15) is 0 Å². The van der Waals surface area contributed by atoms with Gasteiger partial charge in [-0.15, -0.1) is 0 Å². The van der Waals surface area contributed by atoms with Crippen molar-refractivity contribution in [2.24, 2.45) is 0 Å². The van der Waals surface area contributed by atoms with Crippen molar-refractivity contribution in [1.82, 2.24) is 10.6 Å². The Hall–Kier alpha value is -2.33. The van der Waals surface area contributed by atoms with Crippen molar-refractivity contribution in [3.8, 4) is 0 Å². The van der Waals surface area contributed by atoms with Crippen LogP contribution >= 0.6 is 0 Å². The smallest absolute Gasteiger partial charge is 0.314 e. The molecule has 2 rings (SSSR count). The van der Waals surface area contributed by atoms with Crippen molar-refractivity contribution in [3.05, 3.63) is 71.3 Å². The fraction of sp³-hybridized carbons (Fsp3) is 0.316. The molecule has 0 aliphatic heterocycles. The predicted molar refractivity (Wildman–Crippen MR) is 92.3 cm³/mol. The molecule has 0 heterocycles. The van der Waals surface area contributed by atoms with Crippen molar-refractivity contribution in [2.45, 2.75) is 25.9 Å². The molecule has 2 aromatic carbocycles. The Morgan fingerprint density at radius 1 is 1.04 bits per heavy atom. The van der Waals surface area contributed by atoms with Crippen LogP contribution in [0, 0.1) is 6.92 Å². The molecule has 2 aromatic rings. The maximum absolute atomic E-state index is 11.7. The van der Waals surface area contributed by atoms with E-state index in [-0.39, 0.29) is 12.6 Å². The average Bonchev–Trinajstić information content (AvgIpc) is 2.58. The number of amides is 2. The van der Waals surface area contributed by atoms with Gasteiger partial charge in [-0.05, 0) is 36.5 Å². The quantitative estimate of drug-likeness (QED) is 0.688. The normalized spacial score (nSPS) is 11.7. The molecule has 1 unspecified atom stereocenters. The molecule has 0 spiro atoms. The lowest BCUT2D eigenvalue weighted by atomic mass is 10.0. The van der Waals surface area contributed by atoms with Gasteiger partial charge in [0.25, 0.3) is 0 Å². The minimum atomic E-state index is -0.689. The Balaban J connectivity index is 1.64. The summed E-state index contributed by atoms with van der Waals surface area (Å²) in [5.74, 6) is 0. The van der Waals surface area contributed by atoms with Crippen LogP contribution in [0.5, 0.6) is 0 Å². The summed E-state index contributed by atoms with van der Waals surface area (Å²) in [5, 5.41) is 15.6. The molecule has 0 bridgehead atoms. The minimum absolute atomic E-state index is 0.204. The summed E-state index contributed by atoms with van der Waals surface area (Å²) >= 11 is 0. The van der Waals surface area contributed by atoms with Crippen LogP contribution in [0.4, 0.5) is 4.79 Å². The summed E-state index contributed by atoms with van der Waals surface area (Å²) in [6, 6.07) is 17.6. The van der Waals surface area contributed by atoms with Crippen LogP contribution < -0.4 is 10.6 Å². The molecule has 0 aliphatic rings. The van der Waals surface area contributed by atoms with Crippen molar-refractivity contribution in [2.75, 3.05) is 13.1 Å². The van der Waals surface area contributed by atoms with E-state index in [1.165, 1.54) is 5.56 Å². The second-order valence-corrected chi connectivity index (χ2v) is 5.60. The van der Waals surface area contributed by atoms with Gasteiger partial charge >= 0.3 is 6.03 Å². The van der Waals surface area contributed by atoms with E-state index in [2.05, 4.69) is 22.8 Å². The third-order valence-corrected chi connectivity index (χ3v) is 3.77. The second kappa shape index (κ2) is 8.96. The topological polar surface area (TPSA) is 61.4 Å². The molecule has 2 amide bonds. The number of aliphatic hydroxyl groups excluding tert-OH is 1. The summed E-state index contributed by atoms with van der Waals surface area (Å²) in [7, 11) is 0. The molecule has 0 radical (unpaired) electrons. The molecule has 0 saturated carbocycles. The summed E-state index contributed by atoms with van der Waals surface area (Å²) < 4.78 is 0. The monoisotopic (exact) mass is 312 g/mol. The van der Waals surface area contributed by atoms with Gasteiger partial charge in [0.2, 0.25) is 0 Å². The number of carbonyl (C=O) groups excluding carboxylic acids is 1. The van der Waals surface area contributed by atoms with E-state index in [4.69, 9.17) is 0 Å². The zero-order valence-corrected chi connectivity index (χ0v) is 13.5. The van der Waals surface area contributed by atoms with Gasteiger partial charge in [-0.3, -0.25) is 0 Å². The van der Waals surface area contributed by atoms with Crippen LogP contribution in [-0.4, -0.2) is 24.2 Å². The maximum Gasteiger partial charge on any atom is 0.314 e. The third kappa shape index (κ3) is 5.75. The SMILES string of the molecule is Cc1ccccc1C(O)CNC(=O)NCCCc1ccccc1. The van der Waals surface area contributed by atoms with Crippen LogP contribution in [0.1, 0.15) is 29.2 Å². The number of nitrogens with one attached hydrogen (secondary N) is 2. The molecule has 0 saturated heterocycles. The van der Waals surface area contributed by atoms with Crippen LogP contribution in [0.15, 0.2) is 54.6 Å². The fourth-order valence-electron chi connectivity index (χ4n) is 2.46. The zero-order chi connectivity index (χ0) is 16.5. The summed E-state index contributed by atoms with van der Waals surface area (Å²) in [6.45, 7) is 2.76. The minimum Gasteiger partial charge on any atom is -0.387 e. The lowest BCUT2D eigenvalue weighted by Crippen LogP contribution is -2.38. The highest BCUT2D eigenvalue weighted by molar-refractivity contribution is 5.73. The molecule has 1 atom stereocenters. The average molecular weight is 312 g/mol. The molecular formula is C19H24N2O2. The number of hydrogen-bond donors (Lipinski definition) is 3. The lowest BCUT2D eigenvalue weighted by molar-refractivity contribution is 0.172. The fourth-order valence-corrected chi connectivity index (χ4v) is 2.46. The number of hydrogen-bond acceptors (Lipinski definition) is 2. The first kappa shape index (κ1) is 17.0. The summed E-state index contributed by atoms with van der Waals surface area (Å²) in [6.07, 6.45) is 1.14. The van der Waals surface area contributed by atoms with E-state index in [0.29, 0.717) is 6.54 Å². The Morgan fingerprint density at radius 2 is 1.74 bits per heavy atom. The van der Waals surface area contributed by atoms with Gasteiger partial charge in [0, 0.05) is 13.1 Å². The van der Waals surface area contributed by atoms with E-state index in [1.807, 2.05) is 49.4 Å². The molecule has 0 fully saturated rings. The first-order valence-corrected chi connectivity index (χ1v) is 7.96. The van der Waals surface area contributed by atoms with E-state index < -0.39 is 6.10 Å². The molecule has 0 aromatic heterocycles. The van der Waals surface area contributed by atoms with Gasteiger partial charge in [0.05, 0.1) is 6.10 Å². The number of aryl methyl sites for hydroxylation is 2. The number of rotatable bonds is 7. The molecule has 122 valence electrons. The first-order valence-electron chi connectivity index (χ1n) is 7.96. The molecule has 3 N–H and O–H groups in total. The Kier molecular flexibility index (Phi) is 6.63. The van der Waals surface area contributed by atoms with E-state index in [9.17, 15) is 9.90 Å². The number of benzene rings is 2. The Bertz CT molecular complexity index is 614. The molecule has 4 nitrogen and oxygen atoms in total. The third-order valence-electron chi connectivity index (χ3n) is 3.77. The molecule has 23 heavy (non-hydrogen) atoms. The van der Waals surface area contributed by atoms with Crippen LogP contribution in [0.3, 0.4) is 0 Å². The predicted octanol–water partition coefficient (Wildman–Crippen LogP) is 2.96. The highest BCUT2D eigenvalue weighted by Crippen LogP contribution is 2.16. The van der Waals surface area contributed by atoms with Gasteiger partial charge in [-0.25, -0.2) is 4.79 Å². The zero-order valence-electron chi connectivity index (χ0n) is 13.5. The van der Waals surface area contributed by atoms with E-state index >= 15 is 0 Å². The molecule has 4 heteroatoms. The van der Waals surface area contributed by atoms with Crippen molar-refractivity contribution >= 4 is 6.03 Å². The van der Waals surface area contributed by atoms with Crippen LogP contribution in [0.2, 0.25) is 0 Å². The first-order chi connectivity index (χ1) is 11.2. The van der Waals surface area contributed by atoms with Crippen LogP contribution in [-0.2, 0) is 6.42 Å². The summed E-state index contributed by atoms with van der Waals surface area (Å²) in [4.78, 5) is 11.7. The van der Waals surface area contributed by atoms with Crippen molar-refractivity contribution < 1.29 is 9.90 Å². The molecular weight excluding hydrogens is 288 g/mol. The number of aliphatic hydroxyl groups is 1. The number of carbonyl (C=O) groups is 1. The van der Waals surface area contributed by atoms with Gasteiger partial charge in [-0.1, -0.05) is 54.6 Å².